The second-order valence-electron chi connectivity index (χ2n) is 8.59. The predicted molar refractivity (Wildman–Crippen MR) is 128 cm³/mol. The number of imide groups is 1. The molecule has 174 valence electrons. The molecule has 2 fully saturated rings. The van der Waals surface area contributed by atoms with Crippen LogP contribution in [0.25, 0.3) is 17.0 Å². The zero-order valence-electron chi connectivity index (χ0n) is 19.0. The number of amides is 4. The van der Waals surface area contributed by atoms with E-state index in [-0.39, 0.29) is 30.6 Å². The first-order valence-electron chi connectivity index (χ1n) is 11.3. The molecule has 5 rings (SSSR count). The summed E-state index contributed by atoms with van der Waals surface area (Å²) in [5.41, 5.74) is 3.88. The fourth-order valence-electron chi connectivity index (χ4n) is 4.33. The number of rotatable bonds is 5. The third kappa shape index (κ3) is 4.32. The molecule has 0 unspecified atom stereocenters. The normalized spacial score (nSPS) is 17.6. The molecule has 4 amide bonds. The number of morpholine rings is 1. The maximum absolute atomic E-state index is 13.0. The number of carbonyl (C=O) groups is 3. The number of hydrogen-bond donors (Lipinski definition) is 1. The Kier molecular flexibility index (Phi) is 5.90. The molecule has 3 aromatic rings. The molecule has 2 aliphatic heterocycles. The highest BCUT2D eigenvalue weighted by molar-refractivity contribution is 6.14. The Morgan fingerprint density at radius 2 is 1.79 bits per heavy atom. The van der Waals surface area contributed by atoms with Crippen molar-refractivity contribution < 1.29 is 19.1 Å². The van der Waals surface area contributed by atoms with Crippen molar-refractivity contribution in [1.82, 2.24) is 19.7 Å². The quantitative estimate of drug-likeness (QED) is 0.471. The maximum Gasteiger partial charge on any atom is 0.329 e. The van der Waals surface area contributed by atoms with E-state index in [9.17, 15) is 14.4 Å². The lowest BCUT2D eigenvalue weighted by Gasteiger charge is -2.27. The first-order chi connectivity index (χ1) is 16.5. The number of aryl methyl sites for hydroxylation is 1. The van der Waals surface area contributed by atoms with Crippen LogP contribution < -0.4 is 5.32 Å². The largest absolute Gasteiger partial charge is 0.378 e. The van der Waals surface area contributed by atoms with Gasteiger partial charge in [-0.15, -0.1) is 0 Å². The molecule has 0 spiro atoms. The van der Waals surface area contributed by atoms with E-state index in [1.54, 1.807) is 11.0 Å². The van der Waals surface area contributed by atoms with Crippen LogP contribution in [0, 0.1) is 6.92 Å². The maximum atomic E-state index is 13.0. The van der Waals surface area contributed by atoms with Crippen LogP contribution in [0.4, 0.5) is 4.79 Å². The number of nitrogens with one attached hydrogen (secondary N) is 1. The van der Waals surface area contributed by atoms with Gasteiger partial charge in [-0.25, -0.2) is 4.79 Å². The summed E-state index contributed by atoms with van der Waals surface area (Å²) in [4.78, 5) is 41.4. The zero-order chi connectivity index (χ0) is 23.7. The van der Waals surface area contributed by atoms with Crippen molar-refractivity contribution in [2.75, 3.05) is 26.3 Å². The van der Waals surface area contributed by atoms with Crippen molar-refractivity contribution in [2.24, 2.45) is 0 Å². The highest BCUT2D eigenvalue weighted by atomic mass is 16.5. The lowest BCUT2D eigenvalue weighted by atomic mass is 10.1. The van der Waals surface area contributed by atoms with E-state index in [0.29, 0.717) is 26.3 Å². The Labute approximate surface area is 197 Å². The van der Waals surface area contributed by atoms with E-state index >= 15 is 0 Å². The van der Waals surface area contributed by atoms with Gasteiger partial charge in [-0.1, -0.05) is 48.0 Å². The number of urea groups is 1. The topological polar surface area (TPSA) is 83.9 Å². The van der Waals surface area contributed by atoms with Gasteiger partial charge >= 0.3 is 6.03 Å². The van der Waals surface area contributed by atoms with Crippen LogP contribution in [0.1, 0.15) is 16.7 Å². The van der Waals surface area contributed by atoms with E-state index in [1.807, 2.05) is 66.2 Å². The van der Waals surface area contributed by atoms with Crippen molar-refractivity contribution in [3.8, 4) is 0 Å². The van der Waals surface area contributed by atoms with E-state index in [0.717, 1.165) is 27.6 Å². The molecule has 0 saturated carbocycles. The van der Waals surface area contributed by atoms with Gasteiger partial charge in [-0.2, -0.15) is 0 Å². The fourth-order valence-corrected chi connectivity index (χ4v) is 4.33. The van der Waals surface area contributed by atoms with Crippen LogP contribution in [-0.2, 0) is 27.4 Å². The molecule has 0 radical (unpaired) electrons. The number of benzene rings is 2. The second kappa shape index (κ2) is 9.15. The lowest BCUT2D eigenvalue weighted by molar-refractivity contribution is -0.135. The summed E-state index contributed by atoms with van der Waals surface area (Å²) in [5, 5.41) is 3.61. The molecule has 2 aromatic carbocycles. The average Bonchev–Trinajstić information content (AvgIpc) is 3.33. The molecule has 8 heteroatoms. The Hall–Kier alpha value is -3.91. The first kappa shape index (κ1) is 21.9. The number of fused-ring (bicyclic) bond motifs is 1. The third-order valence-electron chi connectivity index (χ3n) is 6.21. The lowest BCUT2D eigenvalue weighted by Crippen LogP contribution is -2.42. The Bertz CT molecular complexity index is 1290. The molecule has 0 aliphatic carbocycles. The molecule has 1 aromatic heterocycles. The van der Waals surface area contributed by atoms with E-state index in [1.165, 1.54) is 4.90 Å². The zero-order valence-corrected chi connectivity index (χ0v) is 19.0. The molecule has 3 heterocycles. The summed E-state index contributed by atoms with van der Waals surface area (Å²) in [6.07, 6.45) is 3.55. The van der Waals surface area contributed by atoms with Gasteiger partial charge < -0.3 is 19.5 Å². The minimum atomic E-state index is -0.442. The second-order valence-corrected chi connectivity index (χ2v) is 8.59. The minimum absolute atomic E-state index is 0.0257. The highest BCUT2D eigenvalue weighted by Crippen LogP contribution is 2.25. The Balaban J connectivity index is 1.40. The number of hydrogen-bond acceptors (Lipinski definition) is 4. The summed E-state index contributed by atoms with van der Waals surface area (Å²) < 4.78 is 7.23. The van der Waals surface area contributed by atoms with Gasteiger partial charge in [0.25, 0.3) is 5.91 Å². The molecular formula is C26H26N4O4. The molecule has 1 N–H and O–H groups in total. The molecule has 34 heavy (non-hydrogen) atoms. The van der Waals surface area contributed by atoms with Gasteiger partial charge in [-0.3, -0.25) is 14.5 Å². The standard InChI is InChI=1S/C26H26N4O4/c1-18-6-8-19(9-7-18)15-30-25(32)22(27-26(30)33)14-20-16-29(23-5-3-2-4-21(20)23)17-24(31)28-10-12-34-13-11-28/h2-9,14,16H,10-13,15,17H2,1H3,(H,27,33)/b22-14-. The van der Waals surface area contributed by atoms with Gasteiger partial charge in [-0.05, 0) is 24.6 Å². The fraction of sp³-hybridized carbons (Fsp3) is 0.269. The molecule has 2 aliphatic rings. The Morgan fingerprint density at radius 3 is 2.56 bits per heavy atom. The number of ether oxygens (including phenoxy) is 1. The van der Waals surface area contributed by atoms with Crippen LogP contribution in [0.15, 0.2) is 60.4 Å². The smallest absolute Gasteiger partial charge is 0.329 e. The van der Waals surface area contributed by atoms with Crippen molar-refractivity contribution in [2.45, 2.75) is 20.0 Å². The third-order valence-corrected chi connectivity index (χ3v) is 6.21. The molecular weight excluding hydrogens is 432 g/mol. The average molecular weight is 459 g/mol. The van der Waals surface area contributed by atoms with E-state index < -0.39 is 6.03 Å². The molecule has 8 nitrogen and oxygen atoms in total. The van der Waals surface area contributed by atoms with Crippen LogP contribution in [-0.4, -0.2) is 58.5 Å². The molecule has 2 saturated heterocycles. The summed E-state index contributed by atoms with van der Waals surface area (Å²) >= 11 is 0. The minimum Gasteiger partial charge on any atom is -0.378 e. The van der Waals surface area contributed by atoms with Gasteiger partial charge in [0.15, 0.2) is 0 Å². The number of para-hydroxylation sites is 1. The highest BCUT2D eigenvalue weighted by Gasteiger charge is 2.33. The van der Waals surface area contributed by atoms with Crippen LogP contribution in [0.2, 0.25) is 0 Å². The van der Waals surface area contributed by atoms with Gasteiger partial charge in [0, 0.05) is 35.8 Å². The summed E-state index contributed by atoms with van der Waals surface area (Å²) in [6, 6.07) is 15.0. The van der Waals surface area contributed by atoms with Crippen molar-refractivity contribution >= 4 is 34.8 Å². The number of carbonyl (C=O) groups excluding carboxylic acids is 3. The van der Waals surface area contributed by atoms with Gasteiger partial charge in [0.1, 0.15) is 12.2 Å². The number of nitrogens with zero attached hydrogens (tertiary/aromatic N) is 3. The SMILES string of the molecule is Cc1ccc(CN2C(=O)N/C(=C\c3cn(CC(=O)N4CCOCC4)c4ccccc34)C2=O)cc1. The van der Waals surface area contributed by atoms with Crippen LogP contribution in [0.5, 0.6) is 0 Å². The Morgan fingerprint density at radius 1 is 1.06 bits per heavy atom. The number of aromatic nitrogens is 1. The van der Waals surface area contributed by atoms with Crippen molar-refractivity contribution in [3.05, 3.63) is 77.1 Å². The summed E-state index contributed by atoms with van der Waals surface area (Å²) in [5.74, 6) is -0.343. The van der Waals surface area contributed by atoms with Crippen LogP contribution >= 0.6 is 0 Å². The first-order valence-corrected chi connectivity index (χ1v) is 11.3. The summed E-state index contributed by atoms with van der Waals surface area (Å²) in [7, 11) is 0. The van der Waals surface area contributed by atoms with Crippen molar-refractivity contribution in [3.63, 3.8) is 0 Å². The summed E-state index contributed by atoms with van der Waals surface area (Å²) in [6.45, 7) is 4.68. The van der Waals surface area contributed by atoms with Crippen LogP contribution in [0.3, 0.4) is 0 Å². The molecule has 0 atom stereocenters. The van der Waals surface area contributed by atoms with E-state index in [2.05, 4.69) is 5.32 Å². The predicted octanol–water partition coefficient (Wildman–Crippen LogP) is 2.90. The van der Waals surface area contributed by atoms with Gasteiger partial charge in [0.05, 0.1) is 19.8 Å². The van der Waals surface area contributed by atoms with Gasteiger partial charge in [0.2, 0.25) is 5.91 Å². The van der Waals surface area contributed by atoms with E-state index in [4.69, 9.17) is 4.74 Å². The monoisotopic (exact) mass is 458 g/mol. The van der Waals surface area contributed by atoms with Crippen molar-refractivity contribution in [1.29, 1.82) is 0 Å². The molecule has 0 bridgehead atoms.